The molecule has 0 bridgehead atoms. The Labute approximate surface area is 153 Å². The summed E-state index contributed by atoms with van der Waals surface area (Å²) in [5, 5.41) is 0.884. The Bertz CT molecular complexity index is 973. The normalized spacial score (nSPS) is 11.3. The van der Waals surface area contributed by atoms with Crippen LogP contribution in [0.4, 0.5) is 0 Å². The number of methoxy groups -OCH3 is 1. The lowest BCUT2D eigenvalue weighted by atomic mass is 10.1. The molecule has 5 heteroatoms. The molecule has 0 aliphatic rings. The summed E-state index contributed by atoms with van der Waals surface area (Å²) in [6.07, 6.45) is 0.110. The second-order valence-corrected chi connectivity index (χ2v) is 6.78. The van der Waals surface area contributed by atoms with Crippen LogP contribution in [-0.4, -0.2) is 22.8 Å². The maximum atomic E-state index is 12.6. The van der Waals surface area contributed by atoms with Crippen molar-refractivity contribution in [1.82, 2.24) is 9.55 Å². The fraction of sp³-hybridized carbons (Fsp3) is 0.333. The lowest BCUT2D eigenvalue weighted by Crippen LogP contribution is -2.25. The highest BCUT2D eigenvalue weighted by Crippen LogP contribution is 2.30. The molecule has 3 rings (SSSR count). The summed E-state index contributed by atoms with van der Waals surface area (Å²) < 4.78 is 12.8. The van der Waals surface area contributed by atoms with Gasteiger partial charge in [0.25, 0.3) is 0 Å². The van der Waals surface area contributed by atoms with Gasteiger partial charge in [0.1, 0.15) is 11.5 Å². The van der Waals surface area contributed by atoms with Gasteiger partial charge < -0.3 is 9.47 Å². The number of nitrogens with zero attached hydrogens (tertiary/aromatic N) is 2. The zero-order chi connectivity index (χ0) is 18.8. The van der Waals surface area contributed by atoms with E-state index in [0.29, 0.717) is 5.69 Å². The molecule has 26 heavy (non-hydrogen) atoms. The topological polar surface area (TPSA) is 53.4 Å². The summed E-state index contributed by atoms with van der Waals surface area (Å²) in [4.78, 5) is 17.0. The van der Waals surface area contributed by atoms with E-state index in [1.165, 1.54) is 0 Å². The first-order valence-electron chi connectivity index (χ1n) is 8.78. The van der Waals surface area contributed by atoms with Crippen LogP contribution < -0.4 is 15.2 Å². The van der Waals surface area contributed by atoms with Crippen molar-refractivity contribution in [3.8, 4) is 22.8 Å². The van der Waals surface area contributed by atoms with E-state index in [2.05, 4.69) is 4.98 Å². The second-order valence-electron chi connectivity index (χ2n) is 6.78. The Kier molecular flexibility index (Phi) is 4.98. The molecule has 0 fully saturated rings. The lowest BCUT2D eigenvalue weighted by molar-refractivity contribution is 0.242. The monoisotopic (exact) mass is 352 g/mol. The predicted molar refractivity (Wildman–Crippen MR) is 104 cm³/mol. The minimum absolute atomic E-state index is 0.0155. The SMILES string of the molecule is COc1ccc2c(c1)c(-c1ccc(OC(C)C)cc1)nc(=O)n2C(C)C. The highest BCUT2D eigenvalue weighted by molar-refractivity contribution is 5.93. The van der Waals surface area contributed by atoms with E-state index in [4.69, 9.17) is 9.47 Å². The quantitative estimate of drug-likeness (QED) is 0.681. The molecular weight excluding hydrogens is 328 g/mol. The maximum Gasteiger partial charge on any atom is 0.348 e. The molecule has 1 heterocycles. The Hall–Kier alpha value is -2.82. The third-order valence-corrected chi connectivity index (χ3v) is 4.15. The third-order valence-electron chi connectivity index (χ3n) is 4.15. The minimum atomic E-state index is -0.254. The van der Waals surface area contributed by atoms with E-state index in [-0.39, 0.29) is 17.8 Å². The van der Waals surface area contributed by atoms with Gasteiger partial charge >= 0.3 is 5.69 Å². The average Bonchev–Trinajstić information content (AvgIpc) is 2.60. The highest BCUT2D eigenvalue weighted by atomic mass is 16.5. The first-order valence-corrected chi connectivity index (χ1v) is 8.78. The number of hydrogen-bond donors (Lipinski definition) is 0. The summed E-state index contributed by atoms with van der Waals surface area (Å²) >= 11 is 0. The maximum absolute atomic E-state index is 12.6. The van der Waals surface area contributed by atoms with Crippen molar-refractivity contribution in [2.45, 2.75) is 39.8 Å². The van der Waals surface area contributed by atoms with Crippen molar-refractivity contribution in [2.24, 2.45) is 0 Å². The van der Waals surface area contributed by atoms with Gasteiger partial charge in [-0.15, -0.1) is 0 Å². The Balaban J connectivity index is 2.22. The Morgan fingerprint density at radius 2 is 1.62 bits per heavy atom. The van der Waals surface area contributed by atoms with Gasteiger partial charge in [-0.1, -0.05) is 0 Å². The number of rotatable bonds is 5. The molecule has 5 nitrogen and oxygen atoms in total. The number of hydrogen-bond acceptors (Lipinski definition) is 4. The van der Waals surface area contributed by atoms with Crippen molar-refractivity contribution in [1.29, 1.82) is 0 Å². The predicted octanol–water partition coefficient (Wildman–Crippen LogP) is 4.44. The lowest BCUT2D eigenvalue weighted by Gasteiger charge is -2.16. The van der Waals surface area contributed by atoms with Crippen molar-refractivity contribution in [2.75, 3.05) is 7.11 Å². The molecule has 2 aromatic carbocycles. The standard InChI is InChI=1S/C21H24N2O3/c1-13(2)23-19-11-10-17(25-5)12-18(19)20(22-21(23)24)15-6-8-16(9-7-15)26-14(3)4/h6-14H,1-5H3. The average molecular weight is 352 g/mol. The van der Waals surface area contributed by atoms with Crippen LogP contribution in [0.3, 0.4) is 0 Å². The van der Waals surface area contributed by atoms with E-state index >= 15 is 0 Å². The molecule has 0 aliphatic heterocycles. The van der Waals surface area contributed by atoms with Crippen LogP contribution in [0.1, 0.15) is 33.7 Å². The fourth-order valence-corrected chi connectivity index (χ4v) is 3.04. The molecule has 0 unspecified atom stereocenters. The van der Waals surface area contributed by atoms with Crippen molar-refractivity contribution < 1.29 is 9.47 Å². The molecule has 0 atom stereocenters. The van der Waals surface area contributed by atoms with Crippen molar-refractivity contribution >= 4 is 10.9 Å². The number of benzene rings is 2. The van der Waals surface area contributed by atoms with Crippen LogP contribution in [0, 0.1) is 0 Å². The van der Waals surface area contributed by atoms with Gasteiger partial charge in [-0.2, -0.15) is 4.98 Å². The molecule has 0 spiro atoms. The Morgan fingerprint density at radius 3 is 2.19 bits per heavy atom. The van der Waals surface area contributed by atoms with Crippen LogP contribution in [-0.2, 0) is 0 Å². The van der Waals surface area contributed by atoms with Crippen molar-refractivity contribution in [3.63, 3.8) is 0 Å². The van der Waals surface area contributed by atoms with Crippen LogP contribution in [0.5, 0.6) is 11.5 Å². The minimum Gasteiger partial charge on any atom is -0.497 e. The van der Waals surface area contributed by atoms with Gasteiger partial charge in [0, 0.05) is 17.0 Å². The molecule has 0 aliphatic carbocycles. The summed E-state index contributed by atoms with van der Waals surface area (Å²) in [5.41, 5.74) is 2.11. The van der Waals surface area contributed by atoms with E-state index in [1.807, 2.05) is 70.2 Å². The number of ether oxygens (including phenoxy) is 2. The summed E-state index contributed by atoms with van der Waals surface area (Å²) in [7, 11) is 1.63. The van der Waals surface area contributed by atoms with Crippen molar-refractivity contribution in [3.05, 3.63) is 52.9 Å². The Morgan fingerprint density at radius 1 is 0.962 bits per heavy atom. The smallest absolute Gasteiger partial charge is 0.348 e. The molecule has 136 valence electrons. The summed E-state index contributed by atoms with van der Waals surface area (Å²) in [6.45, 7) is 7.93. The largest absolute Gasteiger partial charge is 0.497 e. The van der Waals surface area contributed by atoms with Gasteiger partial charge in [0.05, 0.1) is 24.4 Å². The first kappa shape index (κ1) is 18.0. The zero-order valence-electron chi connectivity index (χ0n) is 15.8. The third kappa shape index (κ3) is 3.43. The van der Waals surface area contributed by atoms with Crippen LogP contribution in [0.15, 0.2) is 47.3 Å². The zero-order valence-corrected chi connectivity index (χ0v) is 15.8. The van der Waals surface area contributed by atoms with Crippen LogP contribution >= 0.6 is 0 Å². The molecule has 0 radical (unpaired) electrons. The molecule has 0 saturated heterocycles. The molecule has 0 saturated carbocycles. The fourth-order valence-electron chi connectivity index (χ4n) is 3.04. The molecule has 1 aromatic heterocycles. The van der Waals surface area contributed by atoms with E-state index in [1.54, 1.807) is 11.7 Å². The molecular formula is C21H24N2O3. The van der Waals surface area contributed by atoms with Gasteiger partial charge in [-0.3, -0.25) is 4.57 Å². The van der Waals surface area contributed by atoms with Gasteiger partial charge in [0.15, 0.2) is 0 Å². The van der Waals surface area contributed by atoms with Gasteiger partial charge in [-0.05, 0) is 70.2 Å². The second kappa shape index (κ2) is 7.20. The first-order chi connectivity index (χ1) is 12.4. The number of fused-ring (bicyclic) bond motifs is 1. The molecule has 3 aromatic rings. The highest BCUT2D eigenvalue weighted by Gasteiger charge is 2.15. The van der Waals surface area contributed by atoms with E-state index in [9.17, 15) is 4.79 Å². The number of aromatic nitrogens is 2. The summed E-state index contributed by atoms with van der Waals surface area (Å²) in [6, 6.07) is 13.4. The summed E-state index contributed by atoms with van der Waals surface area (Å²) in [5.74, 6) is 1.52. The van der Waals surface area contributed by atoms with Crippen LogP contribution in [0.25, 0.3) is 22.2 Å². The van der Waals surface area contributed by atoms with E-state index in [0.717, 1.165) is 28.0 Å². The molecule has 0 N–H and O–H groups in total. The molecule has 0 amide bonds. The van der Waals surface area contributed by atoms with Gasteiger partial charge in [-0.25, -0.2) is 4.79 Å². The van der Waals surface area contributed by atoms with E-state index < -0.39 is 0 Å². The van der Waals surface area contributed by atoms with Gasteiger partial charge in [0.2, 0.25) is 0 Å². The van der Waals surface area contributed by atoms with Crippen LogP contribution in [0.2, 0.25) is 0 Å².